The second-order valence-electron chi connectivity index (χ2n) is 2.55. The second-order valence-corrected chi connectivity index (χ2v) is 2.55. The van der Waals surface area contributed by atoms with Crippen LogP contribution in [0.3, 0.4) is 0 Å². The summed E-state index contributed by atoms with van der Waals surface area (Å²) in [6.45, 7) is 2.82. The highest BCUT2D eigenvalue weighted by molar-refractivity contribution is 5.85. The van der Waals surface area contributed by atoms with E-state index in [1.165, 1.54) is 0 Å². The Balaban J connectivity index is 2.39. The van der Waals surface area contributed by atoms with E-state index in [4.69, 9.17) is 5.11 Å². The van der Waals surface area contributed by atoms with E-state index in [9.17, 15) is 4.79 Å². The van der Waals surface area contributed by atoms with Crippen molar-refractivity contribution in [3.8, 4) is 0 Å². The molecule has 0 saturated heterocycles. The smallest absolute Gasteiger partial charge is 0.324 e. The average Bonchev–Trinajstić information content (AvgIpc) is 2.34. The molecule has 4 nitrogen and oxygen atoms in total. The zero-order chi connectivity index (χ0) is 8.27. The van der Waals surface area contributed by atoms with Crippen LogP contribution < -0.4 is 0 Å². The second kappa shape index (κ2) is 3.37. The molecule has 1 rings (SSSR count). The number of hydrogen-bond donors (Lipinski definition) is 1. The van der Waals surface area contributed by atoms with Crippen LogP contribution in [0.15, 0.2) is 5.10 Å². The number of nitrogens with zero attached hydrogens (tertiary/aromatic N) is 2. The van der Waals surface area contributed by atoms with Gasteiger partial charge in [0.25, 0.3) is 0 Å². The monoisotopic (exact) mass is 156 g/mol. The molecule has 0 aromatic heterocycles. The highest BCUT2D eigenvalue weighted by Gasteiger charge is 2.14. The van der Waals surface area contributed by atoms with Crippen LogP contribution in [0, 0.1) is 0 Å². The fraction of sp³-hybridized carbons (Fsp3) is 0.714. The van der Waals surface area contributed by atoms with Crippen LogP contribution in [0.4, 0.5) is 0 Å². The molecule has 0 bridgehead atoms. The Morgan fingerprint density at radius 2 is 2.55 bits per heavy atom. The molecule has 0 unspecified atom stereocenters. The molecule has 0 spiro atoms. The summed E-state index contributed by atoms with van der Waals surface area (Å²) < 4.78 is 0. The summed E-state index contributed by atoms with van der Waals surface area (Å²) in [5.74, 6) is -0.814. The molecule has 0 aromatic rings. The molecule has 0 aromatic carbocycles. The van der Waals surface area contributed by atoms with Crippen LogP contribution in [0.1, 0.15) is 19.8 Å². The Hall–Kier alpha value is -1.06. The number of hydrogen-bond acceptors (Lipinski definition) is 3. The zero-order valence-electron chi connectivity index (χ0n) is 6.58. The number of rotatable bonds is 3. The molecule has 0 saturated carbocycles. The summed E-state index contributed by atoms with van der Waals surface area (Å²) in [6.07, 6.45) is 1.85. The first kappa shape index (κ1) is 8.04. The highest BCUT2D eigenvalue weighted by Crippen LogP contribution is 2.07. The number of hydrazone groups is 1. The first-order chi connectivity index (χ1) is 5.22. The fourth-order valence-electron chi connectivity index (χ4n) is 1.08. The third-order valence-electron chi connectivity index (χ3n) is 1.67. The SMILES string of the molecule is CCC1=NN(CC(=O)O)CC1. The van der Waals surface area contributed by atoms with E-state index in [1.54, 1.807) is 5.01 Å². The van der Waals surface area contributed by atoms with Crippen LogP contribution in [0.2, 0.25) is 0 Å². The summed E-state index contributed by atoms with van der Waals surface area (Å²) in [5, 5.41) is 14.1. The van der Waals surface area contributed by atoms with E-state index in [-0.39, 0.29) is 6.54 Å². The maximum Gasteiger partial charge on any atom is 0.324 e. The van der Waals surface area contributed by atoms with Crippen molar-refractivity contribution < 1.29 is 9.90 Å². The van der Waals surface area contributed by atoms with E-state index in [1.807, 2.05) is 6.92 Å². The van der Waals surface area contributed by atoms with Crippen molar-refractivity contribution >= 4 is 11.7 Å². The van der Waals surface area contributed by atoms with Crippen molar-refractivity contribution in [2.75, 3.05) is 13.1 Å². The lowest BCUT2D eigenvalue weighted by Crippen LogP contribution is -2.22. The lowest BCUT2D eigenvalue weighted by molar-refractivity contribution is -0.138. The number of aliphatic carboxylic acids is 1. The number of carbonyl (C=O) groups is 1. The molecule has 0 radical (unpaired) electrons. The van der Waals surface area contributed by atoms with Gasteiger partial charge in [0, 0.05) is 18.7 Å². The Bertz CT molecular complexity index is 189. The Kier molecular flexibility index (Phi) is 2.46. The summed E-state index contributed by atoms with van der Waals surface area (Å²) in [5.41, 5.74) is 1.10. The third-order valence-corrected chi connectivity index (χ3v) is 1.67. The molecule has 0 atom stereocenters. The molecule has 62 valence electrons. The number of carboxylic acids is 1. The molecule has 4 heteroatoms. The quantitative estimate of drug-likeness (QED) is 0.649. The van der Waals surface area contributed by atoms with Gasteiger partial charge >= 0.3 is 5.97 Å². The van der Waals surface area contributed by atoms with Crippen LogP contribution >= 0.6 is 0 Å². The van der Waals surface area contributed by atoms with Gasteiger partial charge in [0.05, 0.1) is 0 Å². The minimum atomic E-state index is -0.814. The predicted octanol–water partition coefficient (Wildman–Crippen LogP) is 0.543. The van der Waals surface area contributed by atoms with Gasteiger partial charge in [-0.3, -0.25) is 9.80 Å². The van der Waals surface area contributed by atoms with Crippen molar-refractivity contribution in [1.29, 1.82) is 0 Å². The lowest BCUT2D eigenvalue weighted by atomic mass is 10.2. The van der Waals surface area contributed by atoms with Gasteiger partial charge in [-0.05, 0) is 6.42 Å². The third kappa shape index (κ3) is 2.22. The molecular weight excluding hydrogens is 144 g/mol. The van der Waals surface area contributed by atoms with E-state index in [0.717, 1.165) is 25.1 Å². The van der Waals surface area contributed by atoms with Gasteiger partial charge < -0.3 is 5.11 Å². The van der Waals surface area contributed by atoms with E-state index in [0.29, 0.717) is 0 Å². The normalized spacial score (nSPS) is 16.8. The van der Waals surface area contributed by atoms with Crippen molar-refractivity contribution in [2.24, 2.45) is 5.10 Å². The van der Waals surface area contributed by atoms with Gasteiger partial charge in [-0.2, -0.15) is 5.10 Å². The van der Waals surface area contributed by atoms with E-state index < -0.39 is 5.97 Å². The first-order valence-corrected chi connectivity index (χ1v) is 3.75. The van der Waals surface area contributed by atoms with Crippen molar-refractivity contribution in [3.63, 3.8) is 0 Å². The zero-order valence-corrected chi connectivity index (χ0v) is 6.58. The topological polar surface area (TPSA) is 52.9 Å². The van der Waals surface area contributed by atoms with Crippen LogP contribution in [0.5, 0.6) is 0 Å². The van der Waals surface area contributed by atoms with Gasteiger partial charge in [-0.1, -0.05) is 6.92 Å². The maximum atomic E-state index is 10.2. The Morgan fingerprint density at radius 3 is 3.00 bits per heavy atom. The van der Waals surface area contributed by atoms with Crippen LogP contribution in [-0.4, -0.2) is 34.9 Å². The van der Waals surface area contributed by atoms with Gasteiger partial charge in [-0.15, -0.1) is 0 Å². The fourth-order valence-corrected chi connectivity index (χ4v) is 1.08. The molecule has 0 aliphatic carbocycles. The van der Waals surface area contributed by atoms with Crippen molar-refractivity contribution in [3.05, 3.63) is 0 Å². The largest absolute Gasteiger partial charge is 0.480 e. The minimum absolute atomic E-state index is 0.0312. The van der Waals surface area contributed by atoms with Gasteiger partial charge in [-0.25, -0.2) is 0 Å². The number of carboxylic acid groups (broad SMARTS) is 1. The first-order valence-electron chi connectivity index (χ1n) is 3.75. The summed E-state index contributed by atoms with van der Waals surface area (Å²) in [6, 6.07) is 0. The highest BCUT2D eigenvalue weighted by atomic mass is 16.4. The van der Waals surface area contributed by atoms with Gasteiger partial charge in [0.2, 0.25) is 0 Å². The Morgan fingerprint density at radius 1 is 1.82 bits per heavy atom. The van der Waals surface area contributed by atoms with Gasteiger partial charge in [0.1, 0.15) is 6.54 Å². The molecule has 11 heavy (non-hydrogen) atoms. The minimum Gasteiger partial charge on any atom is -0.480 e. The van der Waals surface area contributed by atoms with Gasteiger partial charge in [0.15, 0.2) is 0 Å². The Labute approximate surface area is 65.5 Å². The average molecular weight is 156 g/mol. The van der Waals surface area contributed by atoms with E-state index in [2.05, 4.69) is 5.10 Å². The lowest BCUT2D eigenvalue weighted by Gasteiger charge is -2.08. The van der Waals surface area contributed by atoms with Crippen LogP contribution in [-0.2, 0) is 4.79 Å². The molecule has 0 amide bonds. The van der Waals surface area contributed by atoms with Crippen molar-refractivity contribution in [1.82, 2.24) is 5.01 Å². The molecule has 1 N–H and O–H groups in total. The molecule has 1 aliphatic rings. The summed E-state index contributed by atoms with van der Waals surface area (Å²) >= 11 is 0. The summed E-state index contributed by atoms with van der Waals surface area (Å²) in [4.78, 5) is 10.2. The molecule has 1 heterocycles. The van der Waals surface area contributed by atoms with E-state index >= 15 is 0 Å². The predicted molar refractivity (Wildman–Crippen MR) is 41.6 cm³/mol. The van der Waals surface area contributed by atoms with Crippen LogP contribution in [0.25, 0.3) is 0 Å². The standard InChI is InChI=1S/C7H12N2O2/c1-2-6-3-4-9(8-6)5-7(10)11/h2-5H2,1H3,(H,10,11). The molecule has 1 aliphatic heterocycles. The maximum absolute atomic E-state index is 10.2. The molecular formula is C7H12N2O2. The molecule has 0 fully saturated rings. The van der Waals surface area contributed by atoms with Crippen molar-refractivity contribution in [2.45, 2.75) is 19.8 Å². The summed E-state index contributed by atoms with van der Waals surface area (Å²) in [7, 11) is 0.